The van der Waals surface area contributed by atoms with E-state index in [4.69, 9.17) is 9.47 Å². The van der Waals surface area contributed by atoms with Gasteiger partial charge in [-0.25, -0.2) is 13.2 Å². The van der Waals surface area contributed by atoms with Crippen molar-refractivity contribution < 1.29 is 37.1 Å². The van der Waals surface area contributed by atoms with Crippen molar-refractivity contribution in [2.24, 2.45) is 5.92 Å². The quantitative estimate of drug-likeness (QED) is 0.347. The number of benzene rings is 2. The second kappa shape index (κ2) is 12.7. The average molecular weight is 588 g/mol. The predicted molar refractivity (Wildman–Crippen MR) is 148 cm³/mol. The molecule has 3 amide bonds. The monoisotopic (exact) mass is 587 g/mol. The van der Waals surface area contributed by atoms with Gasteiger partial charge in [0.25, 0.3) is 11.1 Å². The van der Waals surface area contributed by atoms with E-state index in [1.807, 2.05) is 0 Å². The molecule has 13 heteroatoms. The molecule has 11 nitrogen and oxygen atoms in total. The summed E-state index contributed by atoms with van der Waals surface area (Å²) in [5, 5.41) is 2.35. The van der Waals surface area contributed by atoms with Crippen molar-refractivity contribution in [1.82, 2.24) is 14.5 Å². The molecule has 0 radical (unpaired) electrons. The Hall–Kier alpha value is -3.68. The fourth-order valence-corrected chi connectivity index (χ4v) is 6.96. The largest absolute Gasteiger partial charge is 0.497 e. The summed E-state index contributed by atoms with van der Waals surface area (Å²) in [5.41, 5.74) is 0.706. The number of imide groups is 1. The van der Waals surface area contributed by atoms with Crippen LogP contribution in [0.1, 0.15) is 28.8 Å². The summed E-state index contributed by atoms with van der Waals surface area (Å²) in [7, 11) is -1.22. The first-order valence-electron chi connectivity index (χ1n) is 12.5. The molecule has 0 aromatic heterocycles. The third-order valence-electron chi connectivity index (χ3n) is 6.66. The first-order valence-corrected chi connectivity index (χ1v) is 14.8. The molecule has 2 aromatic carbocycles. The molecule has 0 unspecified atom stereocenters. The molecule has 2 saturated heterocycles. The first kappa shape index (κ1) is 29.3. The van der Waals surface area contributed by atoms with Crippen molar-refractivity contribution in [3.05, 3.63) is 64.6 Å². The third kappa shape index (κ3) is 6.37. The molecule has 1 N–H and O–H groups in total. The molecule has 2 aliphatic rings. The second-order valence-corrected chi connectivity index (χ2v) is 12.0. The van der Waals surface area contributed by atoms with Gasteiger partial charge in [-0.3, -0.25) is 19.3 Å². The minimum atomic E-state index is -3.96. The van der Waals surface area contributed by atoms with Gasteiger partial charge in [-0.2, -0.15) is 4.31 Å². The molecule has 0 bridgehead atoms. The lowest BCUT2D eigenvalue weighted by atomic mass is 9.97. The highest BCUT2D eigenvalue weighted by molar-refractivity contribution is 8.18. The Bertz CT molecular complexity index is 1430. The molecule has 4 rings (SSSR count). The molecule has 0 spiro atoms. The van der Waals surface area contributed by atoms with Crippen LogP contribution >= 0.6 is 11.8 Å². The Morgan fingerprint density at radius 2 is 1.73 bits per heavy atom. The van der Waals surface area contributed by atoms with E-state index in [1.54, 1.807) is 43.5 Å². The highest BCUT2D eigenvalue weighted by atomic mass is 32.2. The standard InChI is InChI=1S/C27H29N3O8S2/c1-37-20-9-7-18(8-10-20)17-22-25(32)30(27(34)39-22)16-13-28-24(31)19-11-14-29(15-12-19)40(35,36)23-6-4-3-5-21(23)26(33)38-2/h3-10,17,19H,11-16H2,1-2H3,(H,28,31)/b22-17-. The Kier molecular flexibility index (Phi) is 9.28. The number of hydrogen-bond donors (Lipinski definition) is 1. The van der Waals surface area contributed by atoms with Crippen molar-refractivity contribution in [2.75, 3.05) is 40.4 Å². The lowest BCUT2D eigenvalue weighted by Crippen LogP contribution is -2.44. The minimum absolute atomic E-state index is 0.0217. The van der Waals surface area contributed by atoms with Gasteiger partial charge in [-0.05, 0) is 60.5 Å². The van der Waals surface area contributed by atoms with Crippen LogP contribution in [0.5, 0.6) is 5.75 Å². The molecule has 2 aromatic rings. The maximum absolute atomic E-state index is 13.2. The van der Waals surface area contributed by atoms with Gasteiger partial charge < -0.3 is 14.8 Å². The summed E-state index contributed by atoms with van der Waals surface area (Å²) in [6, 6.07) is 12.9. The Labute approximate surface area is 236 Å². The molecule has 2 heterocycles. The fourth-order valence-electron chi connectivity index (χ4n) is 4.45. The van der Waals surface area contributed by atoms with Crippen molar-refractivity contribution in [3.8, 4) is 5.75 Å². The van der Waals surface area contributed by atoms with Crippen LogP contribution in [0.3, 0.4) is 0 Å². The van der Waals surface area contributed by atoms with Crippen molar-refractivity contribution in [1.29, 1.82) is 0 Å². The van der Waals surface area contributed by atoms with Crippen LogP contribution < -0.4 is 10.1 Å². The highest BCUT2D eigenvalue weighted by Crippen LogP contribution is 2.32. The van der Waals surface area contributed by atoms with Crippen LogP contribution in [0.4, 0.5) is 4.79 Å². The fraction of sp³-hybridized carbons (Fsp3) is 0.333. The second-order valence-electron chi connectivity index (χ2n) is 9.06. The maximum atomic E-state index is 13.2. The van der Waals surface area contributed by atoms with E-state index in [9.17, 15) is 27.6 Å². The Balaban J connectivity index is 1.28. The molecule has 0 aliphatic carbocycles. The minimum Gasteiger partial charge on any atom is -0.497 e. The van der Waals surface area contributed by atoms with E-state index in [1.165, 1.54) is 29.6 Å². The normalized spacial score (nSPS) is 17.8. The Morgan fingerprint density at radius 1 is 1.05 bits per heavy atom. The molecule has 212 valence electrons. The zero-order valence-electron chi connectivity index (χ0n) is 22.0. The summed E-state index contributed by atoms with van der Waals surface area (Å²) in [6.45, 7) is 0.315. The van der Waals surface area contributed by atoms with Crippen LogP contribution in [0, 0.1) is 5.92 Å². The van der Waals surface area contributed by atoms with E-state index < -0.39 is 33.1 Å². The van der Waals surface area contributed by atoms with Gasteiger partial charge in [-0.1, -0.05) is 24.3 Å². The number of sulfonamides is 1. The van der Waals surface area contributed by atoms with Gasteiger partial charge in [0.05, 0.1) is 29.6 Å². The topological polar surface area (TPSA) is 139 Å². The third-order valence-corrected chi connectivity index (χ3v) is 9.52. The molecule has 2 aliphatic heterocycles. The van der Waals surface area contributed by atoms with E-state index in [2.05, 4.69) is 5.32 Å². The van der Waals surface area contributed by atoms with E-state index >= 15 is 0 Å². The van der Waals surface area contributed by atoms with E-state index in [0.717, 1.165) is 22.2 Å². The molecular weight excluding hydrogens is 558 g/mol. The SMILES string of the molecule is COC(=O)c1ccccc1S(=O)(=O)N1CCC(C(=O)NCCN2C(=O)S/C(=C\c3ccc(OC)cc3)C2=O)CC1. The van der Waals surface area contributed by atoms with Gasteiger partial charge in [0.15, 0.2) is 0 Å². The predicted octanol–water partition coefficient (Wildman–Crippen LogP) is 2.74. The van der Waals surface area contributed by atoms with Crippen LogP contribution in [-0.4, -0.2) is 81.0 Å². The number of methoxy groups -OCH3 is 2. The molecule has 2 fully saturated rings. The van der Waals surface area contributed by atoms with E-state index in [0.29, 0.717) is 10.7 Å². The van der Waals surface area contributed by atoms with Crippen molar-refractivity contribution >= 4 is 50.9 Å². The zero-order chi connectivity index (χ0) is 28.9. The lowest BCUT2D eigenvalue weighted by molar-refractivity contribution is -0.127. The number of carbonyl (C=O) groups excluding carboxylic acids is 4. The van der Waals surface area contributed by atoms with Gasteiger partial charge >= 0.3 is 5.97 Å². The molecule has 40 heavy (non-hydrogen) atoms. The molecular formula is C27H29N3O8S2. The summed E-state index contributed by atoms with van der Waals surface area (Å²) in [6.07, 6.45) is 2.21. The van der Waals surface area contributed by atoms with Crippen LogP contribution in [0.2, 0.25) is 0 Å². The van der Waals surface area contributed by atoms with Crippen LogP contribution in [-0.2, 0) is 24.3 Å². The highest BCUT2D eigenvalue weighted by Gasteiger charge is 2.36. The van der Waals surface area contributed by atoms with E-state index in [-0.39, 0.29) is 55.4 Å². The van der Waals surface area contributed by atoms with Crippen LogP contribution in [0.25, 0.3) is 6.08 Å². The van der Waals surface area contributed by atoms with Gasteiger partial charge in [0, 0.05) is 32.1 Å². The number of piperidine rings is 1. The number of esters is 1. The zero-order valence-corrected chi connectivity index (χ0v) is 23.6. The first-order chi connectivity index (χ1) is 19.1. The number of carbonyl (C=O) groups is 4. The summed E-state index contributed by atoms with van der Waals surface area (Å²) < 4.78 is 37.5. The van der Waals surface area contributed by atoms with Crippen molar-refractivity contribution in [3.63, 3.8) is 0 Å². The average Bonchev–Trinajstić information content (AvgIpc) is 3.24. The maximum Gasteiger partial charge on any atom is 0.339 e. The van der Waals surface area contributed by atoms with Crippen LogP contribution in [0.15, 0.2) is 58.3 Å². The van der Waals surface area contributed by atoms with Gasteiger partial charge in [0.1, 0.15) is 5.75 Å². The lowest BCUT2D eigenvalue weighted by Gasteiger charge is -2.31. The number of amides is 3. The number of hydrogen-bond acceptors (Lipinski definition) is 9. The molecule has 0 atom stereocenters. The molecule has 0 saturated carbocycles. The number of thioether (sulfide) groups is 1. The summed E-state index contributed by atoms with van der Waals surface area (Å²) in [4.78, 5) is 51.2. The summed E-state index contributed by atoms with van der Waals surface area (Å²) in [5.74, 6) is -1.19. The van der Waals surface area contributed by atoms with Gasteiger partial charge in [0.2, 0.25) is 15.9 Å². The number of nitrogens with one attached hydrogen (secondary N) is 1. The van der Waals surface area contributed by atoms with Crippen molar-refractivity contribution in [2.45, 2.75) is 17.7 Å². The smallest absolute Gasteiger partial charge is 0.339 e. The number of ether oxygens (including phenoxy) is 2. The number of nitrogens with zero attached hydrogens (tertiary/aromatic N) is 2. The summed E-state index contributed by atoms with van der Waals surface area (Å²) >= 11 is 0.841. The Morgan fingerprint density at radius 3 is 2.38 bits per heavy atom. The number of rotatable bonds is 9. The van der Waals surface area contributed by atoms with Gasteiger partial charge in [-0.15, -0.1) is 0 Å².